The molecule has 1 fully saturated rings. The Morgan fingerprint density at radius 3 is 2.81 bits per heavy atom. The number of likely N-dealkylation sites (tertiary alicyclic amines) is 1. The van der Waals surface area contributed by atoms with Crippen LogP contribution < -0.4 is 10.1 Å². The summed E-state index contributed by atoms with van der Waals surface area (Å²) in [5.74, 6) is 7.19. The van der Waals surface area contributed by atoms with Gasteiger partial charge in [-0.15, -0.1) is 16.1 Å². The zero-order chi connectivity index (χ0) is 26.0. The second-order valence-corrected chi connectivity index (χ2v) is 8.91. The van der Waals surface area contributed by atoms with Crippen LogP contribution in [0.5, 0.6) is 5.75 Å². The van der Waals surface area contributed by atoms with Gasteiger partial charge in [0.2, 0.25) is 0 Å². The number of rotatable bonds is 10. The van der Waals surface area contributed by atoms with Crippen molar-refractivity contribution >= 4 is 22.6 Å². The summed E-state index contributed by atoms with van der Waals surface area (Å²) in [7, 11) is 0. The minimum Gasteiger partial charge on any atom is -0.467 e. The predicted octanol–water partition coefficient (Wildman–Crippen LogP) is 4.48. The molecule has 0 unspecified atom stereocenters. The van der Waals surface area contributed by atoms with Gasteiger partial charge in [-0.05, 0) is 51.4 Å². The molecule has 194 valence electrons. The SMILES string of the molecule is CC#Cc1ccc(-c2nnc(N[C@@H]3CCCN(CCOC(C)=O)C3)c3ccccc23)c(OCOCC)c1. The summed E-state index contributed by atoms with van der Waals surface area (Å²) in [5.41, 5.74) is 2.45. The maximum absolute atomic E-state index is 11.1. The van der Waals surface area contributed by atoms with E-state index in [1.54, 1.807) is 0 Å². The molecule has 3 aromatic rings. The number of ether oxygens (including phenoxy) is 3. The van der Waals surface area contributed by atoms with Crippen LogP contribution in [-0.2, 0) is 14.3 Å². The summed E-state index contributed by atoms with van der Waals surface area (Å²) in [6, 6.07) is 14.2. The van der Waals surface area contributed by atoms with Crippen LogP contribution in [-0.4, -0.2) is 66.7 Å². The van der Waals surface area contributed by atoms with E-state index in [-0.39, 0.29) is 18.8 Å². The molecule has 0 amide bonds. The molecule has 1 atom stereocenters. The van der Waals surface area contributed by atoms with Crippen molar-refractivity contribution in [2.24, 2.45) is 0 Å². The van der Waals surface area contributed by atoms with Crippen LogP contribution in [0.2, 0.25) is 0 Å². The lowest BCUT2D eigenvalue weighted by Crippen LogP contribution is -2.43. The van der Waals surface area contributed by atoms with Gasteiger partial charge in [-0.25, -0.2) is 0 Å². The highest BCUT2D eigenvalue weighted by Gasteiger charge is 2.22. The molecule has 2 aromatic carbocycles. The van der Waals surface area contributed by atoms with Gasteiger partial charge in [0.15, 0.2) is 12.6 Å². The molecule has 0 saturated carbocycles. The second-order valence-electron chi connectivity index (χ2n) is 8.91. The Labute approximate surface area is 218 Å². The number of nitrogens with zero attached hydrogens (tertiary/aromatic N) is 3. The molecule has 0 aliphatic carbocycles. The summed E-state index contributed by atoms with van der Waals surface area (Å²) in [6.45, 7) is 8.88. The number of hydrogen-bond donors (Lipinski definition) is 1. The number of esters is 1. The van der Waals surface area contributed by atoms with Gasteiger partial charge in [-0.2, -0.15) is 0 Å². The maximum atomic E-state index is 11.1. The summed E-state index contributed by atoms with van der Waals surface area (Å²) in [5, 5.41) is 14.9. The largest absolute Gasteiger partial charge is 0.467 e. The van der Waals surface area contributed by atoms with Crippen LogP contribution in [0.4, 0.5) is 5.82 Å². The first-order chi connectivity index (χ1) is 18.1. The smallest absolute Gasteiger partial charge is 0.302 e. The number of aromatic nitrogens is 2. The van der Waals surface area contributed by atoms with Gasteiger partial charge >= 0.3 is 5.97 Å². The monoisotopic (exact) mass is 502 g/mol. The molecule has 0 spiro atoms. The van der Waals surface area contributed by atoms with E-state index in [1.165, 1.54) is 6.92 Å². The molecule has 0 bridgehead atoms. The van der Waals surface area contributed by atoms with Gasteiger partial charge < -0.3 is 19.5 Å². The standard InChI is InChI=1S/C29H34N4O4/c1-4-9-22-13-14-26(27(18-22)37-20-35-5-2)28-24-11-6-7-12-25(24)29(32-31-28)30-23-10-8-15-33(19-23)16-17-36-21(3)34/h6-7,11-14,18,23H,5,8,10,15-17,19-20H2,1-3H3,(H,30,32)/t23-/m1/s1. The molecular formula is C29H34N4O4. The van der Waals surface area contributed by atoms with E-state index < -0.39 is 0 Å². The van der Waals surface area contributed by atoms with Crippen molar-refractivity contribution in [2.75, 3.05) is 45.0 Å². The molecule has 4 rings (SSSR count). The topological polar surface area (TPSA) is 85.8 Å². The number of nitrogens with one attached hydrogen (secondary N) is 1. The molecule has 1 saturated heterocycles. The van der Waals surface area contributed by atoms with E-state index >= 15 is 0 Å². The highest BCUT2D eigenvalue weighted by molar-refractivity contribution is 6.01. The molecule has 8 heteroatoms. The fraction of sp³-hybridized carbons (Fsp3) is 0.414. The van der Waals surface area contributed by atoms with Gasteiger partial charge in [0.1, 0.15) is 18.1 Å². The highest BCUT2D eigenvalue weighted by atomic mass is 16.7. The van der Waals surface area contributed by atoms with Gasteiger partial charge in [-0.1, -0.05) is 30.2 Å². The minimum absolute atomic E-state index is 0.146. The number of benzene rings is 2. The van der Waals surface area contributed by atoms with Crippen LogP contribution in [0.25, 0.3) is 22.0 Å². The summed E-state index contributed by atoms with van der Waals surface area (Å²) < 4.78 is 16.5. The fourth-order valence-electron chi connectivity index (χ4n) is 4.55. The predicted molar refractivity (Wildman–Crippen MR) is 144 cm³/mol. The Balaban J connectivity index is 1.60. The van der Waals surface area contributed by atoms with E-state index in [2.05, 4.69) is 44.4 Å². The lowest BCUT2D eigenvalue weighted by Gasteiger charge is -2.33. The van der Waals surface area contributed by atoms with Crippen LogP contribution in [0.1, 0.15) is 39.2 Å². The molecular weight excluding hydrogens is 468 g/mol. The first kappa shape index (κ1) is 26.4. The second kappa shape index (κ2) is 13.0. The van der Waals surface area contributed by atoms with E-state index in [4.69, 9.17) is 14.2 Å². The Morgan fingerprint density at radius 1 is 1.19 bits per heavy atom. The van der Waals surface area contributed by atoms with Crippen molar-refractivity contribution in [3.05, 3.63) is 48.0 Å². The Bertz CT molecular complexity index is 1280. The van der Waals surface area contributed by atoms with Crippen LogP contribution in [0, 0.1) is 11.8 Å². The van der Waals surface area contributed by atoms with Crippen LogP contribution in [0.15, 0.2) is 42.5 Å². The quantitative estimate of drug-likeness (QED) is 0.188. The van der Waals surface area contributed by atoms with Crippen molar-refractivity contribution < 1.29 is 19.0 Å². The maximum Gasteiger partial charge on any atom is 0.302 e. The zero-order valence-corrected chi connectivity index (χ0v) is 21.8. The van der Waals surface area contributed by atoms with Crippen molar-refractivity contribution in [1.29, 1.82) is 0 Å². The normalized spacial score (nSPS) is 15.6. The molecule has 2 heterocycles. The average Bonchev–Trinajstić information content (AvgIpc) is 2.90. The van der Waals surface area contributed by atoms with Gasteiger partial charge in [0, 0.05) is 54.6 Å². The van der Waals surface area contributed by atoms with Crippen molar-refractivity contribution in [3.8, 4) is 28.8 Å². The molecule has 1 N–H and O–H groups in total. The minimum atomic E-state index is -0.243. The first-order valence-corrected chi connectivity index (χ1v) is 12.7. The average molecular weight is 503 g/mol. The Hall–Kier alpha value is -3.67. The van der Waals surface area contributed by atoms with E-state index in [9.17, 15) is 4.79 Å². The summed E-state index contributed by atoms with van der Waals surface area (Å²) >= 11 is 0. The molecule has 1 aromatic heterocycles. The Morgan fingerprint density at radius 2 is 2.03 bits per heavy atom. The Kier molecular flexibility index (Phi) is 9.30. The van der Waals surface area contributed by atoms with Crippen molar-refractivity contribution in [1.82, 2.24) is 15.1 Å². The van der Waals surface area contributed by atoms with Crippen molar-refractivity contribution in [2.45, 2.75) is 39.7 Å². The first-order valence-electron chi connectivity index (χ1n) is 12.7. The summed E-state index contributed by atoms with van der Waals surface area (Å²) in [6.07, 6.45) is 2.10. The number of fused-ring (bicyclic) bond motifs is 1. The number of anilines is 1. The van der Waals surface area contributed by atoms with Gasteiger partial charge in [0.05, 0.1) is 0 Å². The number of carbonyl (C=O) groups is 1. The van der Waals surface area contributed by atoms with Crippen molar-refractivity contribution in [3.63, 3.8) is 0 Å². The van der Waals surface area contributed by atoms with E-state index in [1.807, 2.05) is 44.2 Å². The molecule has 0 radical (unpaired) electrons. The van der Waals surface area contributed by atoms with Gasteiger partial charge in [0.25, 0.3) is 0 Å². The third-order valence-corrected chi connectivity index (χ3v) is 6.25. The number of piperidine rings is 1. The number of carbonyl (C=O) groups excluding carboxylic acids is 1. The number of hydrogen-bond acceptors (Lipinski definition) is 8. The van der Waals surface area contributed by atoms with Crippen LogP contribution in [0.3, 0.4) is 0 Å². The highest BCUT2D eigenvalue weighted by Crippen LogP contribution is 2.36. The van der Waals surface area contributed by atoms with E-state index in [0.29, 0.717) is 19.0 Å². The lowest BCUT2D eigenvalue weighted by atomic mass is 10.0. The molecule has 8 nitrogen and oxygen atoms in total. The zero-order valence-electron chi connectivity index (χ0n) is 21.8. The molecule has 1 aliphatic heterocycles. The van der Waals surface area contributed by atoms with E-state index in [0.717, 1.165) is 65.9 Å². The van der Waals surface area contributed by atoms with Crippen LogP contribution >= 0.6 is 0 Å². The summed E-state index contributed by atoms with van der Waals surface area (Å²) in [4.78, 5) is 13.4. The van der Waals surface area contributed by atoms with Gasteiger partial charge in [-0.3, -0.25) is 9.69 Å². The third kappa shape index (κ3) is 6.97. The third-order valence-electron chi connectivity index (χ3n) is 6.25. The lowest BCUT2D eigenvalue weighted by molar-refractivity contribution is -0.141. The molecule has 1 aliphatic rings. The molecule has 37 heavy (non-hydrogen) atoms. The fourth-order valence-corrected chi connectivity index (χ4v) is 4.55.